The molecule has 0 unspecified atom stereocenters. The molecule has 0 radical (unpaired) electrons. The molecule has 6 nitrogen and oxygen atoms in total. The Morgan fingerprint density at radius 2 is 0.745 bits per heavy atom. The van der Waals surface area contributed by atoms with Crippen LogP contribution >= 0.6 is 11.8 Å². The predicted octanol–water partition coefficient (Wildman–Crippen LogP) is 6.69. The minimum absolute atomic E-state index is 0.122. The molecule has 0 atom stereocenters. The van der Waals surface area contributed by atoms with Crippen molar-refractivity contribution in [2.24, 2.45) is 0 Å². The van der Waals surface area contributed by atoms with Crippen LogP contribution in [0, 0.1) is 0 Å². The first-order valence-electron chi connectivity index (χ1n) is 16.7. The molecule has 0 spiro atoms. The molecule has 252 valence electrons. The Morgan fingerprint density at radius 1 is 0.468 bits per heavy atom. The Bertz CT molecular complexity index is 1320. The van der Waals surface area contributed by atoms with Gasteiger partial charge >= 0.3 is 0 Å². The molecule has 4 aromatic carbocycles. The lowest BCUT2D eigenvalue weighted by Gasteiger charge is -2.35. The van der Waals surface area contributed by atoms with Crippen molar-refractivity contribution in [3.05, 3.63) is 131 Å². The number of carbonyl (C=O) groups is 2. The Hall–Kier alpha value is -3.91. The molecular weight excluding hydrogens is 605 g/mol. The van der Waals surface area contributed by atoms with Gasteiger partial charge in [-0.1, -0.05) is 96.7 Å². The molecule has 0 amide bonds. The minimum atomic E-state index is -1.21. The average molecular weight is 657 g/mol. The fourth-order valence-electron chi connectivity index (χ4n) is 5.41. The summed E-state index contributed by atoms with van der Waals surface area (Å²) in [6.45, 7) is 23.4. The van der Waals surface area contributed by atoms with Gasteiger partial charge in [0, 0.05) is 20.9 Å². The molecule has 0 aliphatic rings. The van der Waals surface area contributed by atoms with Gasteiger partial charge in [0.15, 0.2) is 0 Å². The molecule has 7 heteroatoms. The maximum atomic E-state index is 10.6. The second kappa shape index (κ2) is 20.4. The summed E-state index contributed by atoms with van der Waals surface area (Å²) in [5, 5.41) is 21.2. The van der Waals surface area contributed by atoms with Crippen LogP contribution in [-0.2, 0) is 13.1 Å². The highest BCUT2D eigenvalue weighted by atomic mass is 32.2. The van der Waals surface area contributed by atoms with Crippen molar-refractivity contribution in [3.8, 4) is 0 Å². The molecule has 4 rings (SSSR count). The Balaban J connectivity index is 0.000000250. The third-order valence-electron chi connectivity index (χ3n) is 9.16. The molecular formula is C40H52N2O4S. The average Bonchev–Trinajstić information content (AvgIpc) is 3.11. The van der Waals surface area contributed by atoms with Crippen LogP contribution in [0.1, 0.15) is 73.4 Å². The van der Waals surface area contributed by atoms with Crippen molar-refractivity contribution in [2.45, 2.75) is 64.4 Å². The van der Waals surface area contributed by atoms with E-state index in [1.54, 1.807) is 24.3 Å². The predicted molar refractivity (Wildman–Crippen MR) is 190 cm³/mol. The van der Waals surface area contributed by atoms with Crippen LogP contribution in [-0.4, -0.2) is 60.2 Å². The van der Waals surface area contributed by atoms with Gasteiger partial charge in [0.25, 0.3) is 0 Å². The molecule has 0 N–H and O–H groups in total. The van der Waals surface area contributed by atoms with Crippen molar-refractivity contribution in [3.63, 3.8) is 0 Å². The highest BCUT2D eigenvalue weighted by Crippen LogP contribution is 2.28. The summed E-state index contributed by atoms with van der Waals surface area (Å²) >= 11 is 1.40. The molecule has 4 aromatic rings. The SMILES string of the molecule is CC[N+](CC)(CC)Cc1ccccc1.CC[N+](CC)(CC)Cc1ccccc1.O=C([O-])c1ccc(Sc2ccc(C(=O)[O-])cc2)cc1. The van der Waals surface area contributed by atoms with E-state index in [2.05, 4.69) is 102 Å². The van der Waals surface area contributed by atoms with E-state index < -0.39 is 11.9 Å². The summed E-state index contributed by atoms with van der Waals surface area (Å²) in [4.78, 5) is 22.9. The van der Waals surface area contributed by atoms with E-state index in [0.29, 0.717) is 0 Å². The van der Waals surface area contributed by atoms with Crippen LogP contribution < -0.4 is 10.2 Å². The monoisotopic (exact) mass is 656 g/mol. The summed E-state index contributed by atoms with van der Waals surface area (Å²) in [5.74, 6) is -2.43. The summed E-state index contributed by atoms with van der Waals surface area (Å²) in [6, 6.07) is 34.1. The zero-order valence-corrected chi connectivity index (χ0v) is 29.8. The van der Waals surface area contributed by atoms with Crippen LogP contribution in [0.5, 0.6) is 0 Å². The highest BCUT2D eigenvalue weighted by molar-refractivity contribution is 7.99. The lowest BCUT2D eigenvalue weighted by atomic mass is 10.2. The zero-order chi connectivity index (χ0) is 34.7. The number of carbonyl (C=O) groups excluding carboxylic acids is 2. The van der Waals surface area contributed by atoms with E-state index in [1.165, 1.54) is 108 Å². The van der Waals surface area contributed by atoms with Crippen molar-refractivity contribution in [1.82, 2.24) is 0 Å². The fraction of sp³-hybridized carbons (Fsp3) is 0.350. The first-order valence-corrected chi connectivity index (χ1v) is 17.5. The number of hydrogen-bond donors (Lipinski definition) is 0. The second-order valence-corrected chi connectivity index (χ2v) is 12.7. The quantitative estimate of drug-likeness (QED) is 0.141. The highest BCUT2D eigenvalue weighted by Gasteiger charge is 2.21. The van der Waals surface area contributed by atoms with Crippen LogP contribution in [0.4, 0.5) is 0 Å². The van der Waals surface area contributed by atoms with Crippen molar-refractivity contribution in [1.29, 1.82) is 0 Å². The third kappa shape index (κ3) is 13.0. The summed E-state index contributed by atoms with van der Waals surface area (Å²) in [6.07, 6.45) is 0. The lowest BCUT2D eigenvalue weighted by Crippen LogP contribution is -2.46. The van der Waals surface area contributed by atoms with E-state index in [-0.39, 0.29) is 11.1 Å². The van der Waals surface area contributed by atoms with Gasteiger partial charge in [-0.25, -0.2) is 0 Å². The van der Waals surface area contributed by atoms with Gasteiger partial charge in [-0.3, -0.25) is 0 Å². The second-order valence-electron chi connectivity index (χ2n) is 11.6. The largest absolute Gasteiger partial charge is 0.545 e. The van der Waals surface area contributed by atoms with E-state index in [1.807, 2.05) is 0 Å². The van der Waals surface area contributed by atoms with E-state index in [9.17, 15) is 19.8 Å². The summed E-state index contributed by atoms with van der Waals surface area (Å²) in [7, 11) is 0. The number of rotatable bonds is 14. The molecule has 0 heterocycles. The van der Waals surface area contributed by atoms with Crippen LogP contribution in [0.15, 0.2) is 119 Å². The Kier molecular flexibility index (Phi) is 17.0. The van der Waals surface area contributed by atoms with Crippen molar-refractivity contribution < 1.29 is 28.8 Å². The molecule has 0 saturated heterocycles. The normalized spacial score (nSPS) is 11.0. The van der Waals surface area contributed by atoms with Crippen molar-refractivity contribution >= 4 is 23.7 Å². The molecule has 0 aliphatic heterocycles. The van der Waals surface area contributed by atoms with Crippen LogP contribution in [0.3, 0.4) is 0 Å². The van der Waals surface area contributed by atoms with Gasteiger partial charge in [0.1, 0.15) is 13.1 Å². The van der Waals surface area contributed by atoms with E-state index in [0.717, 1.165) is 9.79 Å². The summed E-state index contributed by atoms with van der Waals surface area (Å²) < 4.78 is 2.40. The van der Waals surface area contributed by atoms with Gasteiger partial charge in [0.05, 0.1) is 51.2 Å². The fourth-order valence-corrected chi connectivity index (χ4v) is 6.22. The molecule has 47 heavy (non-hydrogen) atoms. The van der Waals surface area contributed by atoms with Gasteiger partial charge in [-0.2, -0.15) is 0 Å². The molecule has 0 fully saturated rings. The van der Waals surface area contributed by atoms with Crippen LogP contribution in [0.25, 0.3) is 0 Å². The number of nitrogens with zero attached hydrogens (tertiary/aromatic N) is 2. The number of hydrogen-bond acceptors (Lipinski definition) is 5. The topological polar surface area (TPSA) is 80.3 Å². The number of benzene rings is 4. The maximum Gasteiger partial charge on any atom is 0.104 e. The molecule has 0 saturated carbocycles. The number of carboxylic acids is 2. The Labute approximate surface area is 286 Å². The molecule has 0 aliphatic carbocycles. The van der Waals surface area contributed by atoms with E-state index >= 15 is 0 Å². The van der Waals surface area contributed by atoms with Crippen LogP contribution in [0.2, 0.25) is 0 Å². The first kappa shape index (κ1) is 39.3. The number of carboxylic acid groups (broad SMARTS) is 2. The van der Waals surface area contributed by atoms with Gasteiger partial charge in [-0.05, 0) is 76.9 Å². The standard InChI is InChI=1S/C14H10O4S.2C13H22N/c15-13(16)9-1-5-11(6-2-9)19-12-7-3-10(4-8-12)14(17)18;2*1-4-14(5-2,6-3)12-13-10-8-7-9-11-13/h1-8H,(H,15,16)(H,17,18);2*7-11H,4-6,12H2,1-3H3/q;2*+1/p-2. The Morgan fingerprint density at radius 3 is 0.979 bits per heavy atom. The number of quaternary nitrogens is 2. The van der Waals surface area contributed by atoms with E-state index in [4.69, 9.17) is 0 Å². The number of aromatic carboxylic acids is 2. The lowest BCUT2D eigenvalue weighted by molar-refractivity contribution is -0.936. The summed E-state index contributed by atoms with van der Waals surface area (Å²) in [5.41, 5.74) is 3.16. The van der Waals surface area contributed by atoms with Gasteiger partial charge < -0.3 is 28.8 Å². The maximum absolute atomic E-state index is 10.6. The van der Waals surface area contributed by atoms with Gasteiger partial charge in [-0.15, -0.1) is 0 Å². The molecule has 0 aromatic heterocycles. The van der Waals surface area contributed by atoms with Gasteiger partial charge in [0.2, 0.25) is 0 Å². The third-order valence-corrected chi connectivity index (χ3v) is 10.2. The minimum Gasteiger partial charge on any atom is -0.545 e. The molecule has 0 bridgehead atoms. The van der Waals surface area contributed by atoms with Crippen molar-refractivity contribution in [2.75, 3.05) is 39.3 Å². The zero-order valence-electron chi connectivity index (χ0n) is 29.0. The first-order chi connectivity index (χ1) is 22.6. The smallest absolute Gasteiger partial charge is 0.104 e.